The van der Waals surface area contributed by atoms with Crippen molar-refractivity contribution >= 4 is 21.9 Å². The Labute approximate surface area is 126 Å². The van der Waals surface area contributed by atoms with Crippen molar-refractivity contribution in [1.29, 1.82) is 0 Å². The first-order valence-electron chi connectivity index (χ1n) is 6.26. The zero-order chi connectivity index (χ0) is 14.5. The number of benzene rings is 2. The molecule has 0 amide bonds. The van der Waals surface area contributed by atoms with Crippen molar-refractivity contribution in [3.8, 4) is 16.9 Å². The van der Waals surface area contributed by atoms with Crippen molar-refractivity contribution < 1.29 is 14.3 Å². The van der Waals surface area contributed by atoms with Crippen LogP contribution in [0.25, 0.3) is 11.1 Å². The maximum atomic E-state index is 12.0. The lowest BCUT2D eigenvalue weighted by atomic mass is 10.00. The lowest BCUT2D eigenvalue weighted by molar-refractivity contribution is 0.0527. The normalized spacial score (nSPS) is 10.2. The zero-order valence-electron chi connectivity index (χ0n) is 11.4. The van der Waals surface area contributed by atoms with Crippen LogP contribution in [0, 0.1) is 0 Å². The van der Waals surface area contributed by atoms with Gasteiger partial charge in [-0.1, -0.05) is 28.1 Å². The fourth-order valence-corrected chi connectivity index (χ4v) is 2.27. The topological polar surface area (TPSA) is 35.5 Å². The molecule has 0 aromatic heterocycles. The number of hydrogen-bond donors (Lipinski definition) is 0. The molecule has 0 unspecified atom stereocenters. The molecule has 0 atom stereocenters. The van der Waals surface area contributed by atoms with E-state index in [1.165, 1.54) is 0 Å². The van der Waals surface area contributed by atoms with Crippen LogP contribution in [0.5, 0.6) is 5.75 Å². The summed E-state index contributed by atoms with van der Waals surface area (Å²) in [5.74, 6) is 0.465. The van der Waals surface area contributed by atoms with Gasteiger partial charge in [0.15, 0.2) is 0 Å². The molecule has 2 rings (SSSR count). The van der Waals surface area contributed by atoms with E-state index in [9.17, 15) is 4.79 Å². The minimum atomic E-state index is -0.314. The van der Waals surface area contributed by atoms with E-state index in [0.29, 0.717) is 12.2 Å². The Morgan fingerprint density at radius 2 is 1.85 bits per heavy atom. The van der Waals surface area contributed by atoms with Gasteiger partial charge in [0.2, 0.25) is 0 Å². The minimum Gasteiger partial charge on any atom is -0.497 e. The van der Waals surface area contributed by atoms with Gasteiger partial charge < -0.3 is 9.47 Å². The second-order valence-electron chi connectivity index (χ2n) is 4.14. The van der Waals surface area contributed by atoms with Gasteiger partial charge in [-0.25, -0.2) is 4.79 Å². The highest BCUT2D eigenvalue weighted by atomic mass is 79.9. The van der Waals surface area contributed by atoms with E-state index in [1.54, 1.807) is 20.1 Å². The lowest BCUT2D eigenvalue weighted by Crippen LogP contribution is -2.06. The van der Waals surface area contributed by atoms with Crippen LogP contribution in [0.15, 0.2) is 46.9 Å². The molecular weight excluding hydrogens is 320 g/mol. The van der Waals surface area contributed by atoms with Crippen LogP contribution in [0.4, 0.5) is 0 Å². The smallest absolute Gasteiger partial charge is 0.338 e. The molecule has 0 saturated carbocycles. The summed E-state index contributed by atoms with van der Waals surface area (Å²) >= 11 is 3.43. The molecule has 0 aliphatic heterocycles. The van der Waals surface area contributed by atoms with Crippen molar-refractivity contribution in [2.45, 2.75) is 6.92 Å². The number of halogens is 1. The van der Waals surface area contributed by atoms with E-state index in [4.69, 9.17) is 9.47 Å². The molecule has 0 heterocycles. The third-order valence-electron chi connectivity index (χ3n) is 2.88. The van der Waals surface area contributed by atoms with Crippen molar-refractivity contribution in [3.05, 3.63) is 52.5 Å². The summed E-state index contributed by atoms with van der Waals surface area (Å²) in [7, 11) is 1.62. The Morgan fingerprint density at radius 3 is 2.45 bits per heavy atom. The summed E-state index contributed by atoms with van der Waals surface area (Å²) in [4.78, 5) is 12.0. The highest BCUT2D eigenvalue weighted by Crippen LogP contribution is 2.29. The lowest BCUT2D eigenvalue weighted by Gasteiger charge is -2.10. The summed E-state index contributed by atoms with van der Waals surface area (Å²) in [6.45, 7) is 2.15. The predicted molar refractivity (Wildman–Crippen MR) is 82.1 cm³/mol. The van der Waals surface area contributed by atoms with Gasteiger partial charge in [0.25, 0.3) is 0 Å². The van der Waals surface area contributed by atoms with Gasteiger partial charge in [-0.05, 0) is 48.4 Å². The van der Waals surface area contributed by atoms with E-state index in [1.807, 2.05) is 36.4 Å². The first-order valence-corrected chi connectivity index (χ1v) is 7.06. The monoisotopic (exact) mass is 334 g/mol. The molecule has 2 aromatic carbocycles. The summed E-state index contributed by atoms with van der Waals surface area (Å²) in [5.41, 5.74) is 2.33. The number of carbonyl (C=O) groups excluding carboxylic acids is 1. The molecule has 0 spiro atoms. The van der Waals surface area contributed by atoms with Crippen LogP contribution in [0.1, 0.15) is 17.3 Å². The maximum absolute atomic E-state index is 12.0. The van der Waals surface area contributed by atoms with Gasteiger partial charge in [-0.15, -0.1) is 0 Å². The van der Waals surface area contributed by atoms with Crippen molar-refractivity contribution in [1.82, 2.24) is 0 Å². The molecule has 0 aliphatic rings. The van der Waals surface area contributed by atoms with E-state index in [2.05, 4.69) is 15.9 Å². The first kappa shape index (κ1) is 14.6. The second-order valence-corrected chi connectivity index (χ2v) is 5.05. The van der Waals surface area contributed by atoms with Crippen molar-refractivity contribution in [2.75, 3.05) is 13.7 Å². The number of ether oxygens (including phenoxy) is 2. The Kier molecular flexibility index (Phi) is 4.79. The molecule has 0 aliphatic carbocycles. The summed E-state index contributed by atoms with van der Waals surface area (Å²) < 4.78 is 11.2. The number of hydrogen-bond acceptors (Lipinski definition) is 3. The summed E-state index contributed by atoms with van der Waals surface area (Å²) in [5, 5.41) is 0. The number of rotatable bonds is 4. The van der Waals surface area contributed by atoms with E-state index < -0.39 is 0 Å². The predicted octanol–water partition coefficient (Wildman–Crippen LogP) is 4.30. The van der Waals surface area contributed by atoms with Gasteiger partial charge in [-0.2, -0.15) is 0 Å². The van der Waals surface area contributed by atoms with Gasteiger partial charge in [0.05, 0.1) is 19.3 Å². The highest BCUT2D eigenvalue weighted by Gasteiger charge is 2.14. The van der Waals surface area contributed by atoms with Gasteiger partial charge >= 0.3 is 5.97 Å². The summed E-state index contributed by atoms with van der Waals surface area (Å²) in [6, 6.07) is 13.1. The van der Waals surface area contributed by atoms with Crippen LogP contribution in [-0.2, 0) is 4.74 Å². The second kappa shape index (κ2) is 6.57. The SMILES string of the molecule is CCOC(=O)c1ccc(Br)cc1-c1ccc(OC)cc1. The largest absolute Gasteiger partial charge is 0.497 e. The number of methoxy groups -OCH3 is 1. The molecule has 0 fully saturated rings. The van der Waals surface area contributed by atoms with Crippen LogP contribution in [0.3, 0.4) is 0 Å². The summed E-state index contributed by atoms with van der Waals surface area (Å²) in [6.07, 6.45) is 0. The van der Waals surface area contributed by atoms with Gasteiger partial charge in [0.1, 0.15) is 5.75 Å². The standard InChI is InChI=1S/C16H15BrO3/c1-3-20-16(18)14-9-6-12(17)10-15(14)11-4-7-13(19-2)8-5-11/h4-10H,3H2,1-2H3. The van der Waals surface area contributed by atoms with Gasteiger partial charge in [0, 0.05) is 4.47 Å². The Morgan fingerprint density at radius 1 is 1.15 bits per heavy atom. The molecule has 0 N–H and O–H groups in total. The van der Waals surface area contributed by atoms with Crippen molar-refractivity contribution in [3.63, 3.8) is 0 Å². The fourth-order valence-electron chi connectivity index (χ4n) is 1.91. The Bertz CT molecular complexity index is 606. The maximum Gasteiger partial charge on any atom is 0.338 e. The van der Waals surface area contributed by atoms with E-state index in [-0.39, 0.29) is 5.97 Å². The highest BCUT2D eigenvalue weighted by molar-refractivity contribution is 9.10. The van der Waals surface area contributed by atoms with Crippen LogP contribution < -0.4 is 4.74 Å². The van der Waals surface area contributed by atoms with Gasteiger partial charge in [-0.3, -0.25) is 0 Å². The molecule has 3 nitrogen and oxygen atoms in total. The van der Waals surface area contributed by atoms with E-state index >= 15 is 0 Å². The van der Waals surface area contributed by atoms with Crippen LogP contribution in [-0.4, -0.2) is 19.7 Å². The zero-order valence-corrected chi connectivity index (χ0v) is 12.9. The molecule has 2 aromatic rings. The average molecular weight is 335 g/mol. The molecular formula is C16H15BrO3. The number of carbonyl (C=O) groups is 1. The third-order valence-corrected chi connectivity index (χ3v) is 3.37. The molecule has 0 saturated heterocycles. The Balaban J connectivity index is 2.47. The fraction of sp³-hybridized carbons (Fsp3) is 0.188. The van der Waals surface area contributed by atoms with Crippen LogP contribution in [0.2, 0.25) is 0 Å². The van der Waals surface area contributed by atoms with Crippen LogP contribution >= 0.6 is 15.9 Å². The molecule has 0 radical (unpaired) electrons. The molecule has 20 heavy (non-hydrogen) atoms. The molecule has 104 valence electrons. The number of esters is 1. The minimum absolute atomic E-state index is 0.314. The molecule has 0 bridgehead atoms. The van der Waals surface area contributed by atoms with E-state index in [0.717, 1.165) is 21.3 Å². The first-order chi connectivity index (χ1) is 9.65. The quantitative estimate of drug-likeness (QED) is 0.782. The third kappa shape index (κ3) is 3.20. The average Bonchev–Trinajstić information content (AvgIpc) is 2.47. The molecule has 4 heteroatoms. The Hall–Kier alpha value is -1.81. The van der Waals surface area contributed by atoms with Crippen molar-refractivity contribution in [2.24, 2.45) is 0 Å².